The quantitative estimate of drug-likeness (QED) is 0.517. The molecule has 0 bridgehead atoms. The highest BCUT2D eigenvalue weighted by atomic mass is 32.2. The van der Waals surface area contributed by atoms with Crippen LogP contribution < -0.4 is 5.56 Å². The summed E-state index contributed by atoms with van der Waals surface area (Å²) >= 11 is 1.52. The van der Waals surface area contributed by atoms with Crippen molar-refractivity contribution >= 4 is 28.7 Å². The van der Waals surface area contributed by atoms with Crippen LogP contribution in [0.3, 0.4) is 0 Å². The van der Waals surface area contributed by atoms with Crippen LogP contribution in [-0.2, 0) is 0 Å². The molecule has 0 fully saturated rings. The average molecular weight is 266 g/mol. The predicted molar refractivity (Wildman–Crippen MR) is 78.0 cm³/mol. The number of hydrogen-bond donors (Lipinski definition) is 1. The average Bonchev–Trinajstić information content (AvgIpc) is 2.39. The molecule has 1 aromatic heterocycles. The molecular formula is C13H18N2O2S. The third kappa shape index (κ3) is 3.04. The Morgan fingerprint density at radius 1 is 1.67 bits per heavy atom. The lowest BCUT2D eigenvalue weighted by Crippen LogP contribution is -2.17. The lowest BCUT2D eigenvalue weighted by molar-refractivity contribution is 0.179. The zero-order valence-corrected chi connectivity index (χ0v) is 11.7. The molecular weight excluding hydrogens is 248 g/mol. The number of aliphatic imine (C=N–C) groups is 1. The van der Waals surface area contributed by atoms with Crippen molar-refractivity contribution in [2.75, 3.05) is 6.26 Å². The van der Waals surface area contributed by atoms with Crippen molar-refractivity contribution in [3.05, 3.63) is 34.6 Å². The summed E-state index contributed by atoms with van der Waals surface area (Å²) in [5.41, 5.74) is 0.135. The summed E-state index contributed by atoms with van der Waals surface area (Å²) in [5.74, 6) is 0.523. The van der Waals surface area contributed by atoms with Gasteiger partial charge in [-0.3, -0.25) is 4.79 Å². The van der Waals surface area contributed by atoms with Gasteiger partial charge in [0.25, 0.3) is 5.56 Å². The lowest BCUT2D eigenvalue weighted by Gasteiger charge is -2.12. The number of nitrogens with zero attached hydrogens (tertiary/aromatic N) is 2. The Hall–Kier alpha value is -1.49. The number of rotatable bonds is 4. The maximum absolute atomic E-state index is 11.4. The van der Waals surface area contributed by atoms with Crippen LogP contribution in [0.2, 0.25) is 0 Å². The molecule has 0 aromatic carbocycles. The normalized spacial score (nSPS) is 13.4. The van der Waals surface area contributed by atoms with Gasteiger partial charge in [0, 0.05) is 17.5 Å². The van der Waals surface area contributed by atoms with Crippen molar-refractivity contribution in [2.45, 2.75) is 20.3 Å². The van der Waals surface area contributed by atoms with E-state index in [-0.39, 0.29) is 11.7 Å². The van der Waals surface area contributed by atoms with Gasteiger partial charge in [0.15, 0.2) is 5.82 Å². The second-order valence-corrected chi connectivity index (χ2v) is 4.76. The SMILES string of the molecule is C=Cc1ccc(=O)n(O)c1N=C(SC)C(C)CC. The molecule has 1 heterocycles. The fraction of sp³-hybridized carbons (Fsp3) is 0.385. The molecule has 1 aromatic rings. The number of aromatic nitrogens is 1. The Labute approximate surface area is 111 Å². The largest absolute Gasteiger partial charge is 0.423 e. The van der Waals surface area contributed by atoms with E-state index in [4.69, 9.17) is 0 Å². The molecule has 0 amide bonds. The minimum atomic E-state index is -0.496. The molecule has 0 aliphatic carbocycles. The van der Waals surface area contributed by atoms with Crippen LogP contribution >= 0.6 is 11.8 Å². The number of pyridine rings is 1. The number of thioether (sulfide) groups is 1. The molecule has 5 heteroatoms. The molecule has 0 spiro atoms. The highest BCUT2D eigenvalue weighted by molar-refractivity contribution is 8.13. The molecule has 18 heavy (non-hydrogen) atoms. The molecule has 1 atom stereocenters. The minimum Gasteiger partial charge on any atom is -0.423 e. The molecule has 0 aliphatic heterocycles. The van der Waals surface area contributed by atoms with Gasteiger partial charge >= 0.3 is 0 Å². The van der Waals surface area contributed by atoms with E-state index in [2.05, 4.69) is 25.4 Å². The molecule has 0 saturated carbocycles. The van der Waals surface area contributed by atoms with Gasteiger partial charge in [0.2, 0.25) is 0 Å². The van der Waals surface area contributed by atoms with E-state index in [9.17, 15) is 10.0 Å². The van der Waals surface area contributed by atoms with E-state index < -0.39 is 5.56 Å². The van der Waals surface area contributed by atoms with Crippen LogP contribution in [0.15, 0.2) is 28.5 Å². The Balaban J connectivity index is 3.39. The van der Waals surface area contributed by atoms with E-state index in [1.54, 1.807) is 12.1 Å². The van der Waals surface area contributed by atoms with Gasteiger partial charge in [-0.25, -0.2) is 4.99 Å². The Morgan fingerprint density at radius 2 is 2.33 bits per heavy atom. The molecule has 1 rings (SSSR count). The van der Waals surface area contributed by atoms with Crippen LogP contribution in [-0.4, -0.2) is 21.2 Å². The molecule has 98 valence electrons. The first kappa shape index (κ1) is 14.6. The molecule has 0 radical (unpaired) electrons. The van der Waals surface area contributed by atoms with Crippen LogP contribution in [0, 0.1) is 5.92 Å². The van der Waals surface area contributed by atoms with Crippen molar-refractivity contribution in [1.29, 1.82) is 0 Å². The predicted octanol–water partition coefficient (Wildman–Crippen LogP) is 3.17. The van der Waals surface area contributed by atoms with Gasteiger partial charge < -0.3 is 5.21 Å². The summed E-state index contributed by atoms with van der Waals surface area (Å²) in [6.07, 6.45) is 4.45. The van der Waals surface area contributed by atoms with Crippen molar-refractivity contribution in [3.8, 4) is 0 Å². The summed E-state index contributed by atoms with van der Waals surface area (Å²) < 4.78 is 0.565. The summed E-state index contributed by atoms with van der Waals surface area (Å²) in [7, 11) is 0. The number of hydrogen-bond acceptors (Lipinski definition) is 4. The Morgan fingerprint density at radius 3 is 2.83 bits per heavy atom. The molecule has 4 nitrogen and oxygen atoms in total. The third-order valence-electron chi connectivity index (χ3n) is 2.75. The van der Waals surface area contributed by atoms with Crippen molar-refractivity contribution in [1.82, 2.24) is 4.73 Å². The van der Waals surface area contributed by atoms with E-state index in [1.807, 2.05) is 6.26 Å². The molecule has 1 N–H and O–H groups in total. The van der Waals surface area contributed by atoms with Gasteiger partial charge in [-0.2, -0.15) is 0 Å². The zero-order valence-electron chi connectivity index (χ0n) is 10.9. The Kier molecular flexibility index (Phi) is 5.22. The summed E-state index contributed by atoms with van der Waals surface area (Å²) in [6.45, 7) is 7.79. The van der Waals surface area contributed by atoms with Gasteiger partial charge in [-0.15, -0.1) is 16.5 Å². The van der Waals surface area contributed by atoms with Crippen LogP contribution in [0.5, 0.6) is 0 Å². The van der Waals surface area contributed by atoms with Gasteiger partial charge in [0.1, 0.15) is 0 Å². The molecule has 1 unspecified atom stereocenters. The standard InChI is InChI=1S/C13H18N2O2S/c1-5-9(3)13(18-4)14-12-10(6-2)7-8-11(16)15(12)17/h6-9,17H,2,5H2,1,3-4H3. The van der Waals surface area contributed by atoms with Crippen LogP contribution in [0.25, 0.3) is 6.08 Å². The summed E-state index contributed by atoms with van der Waals surface area (Å²) in [6, 6.07) is 2.90. The highest BCUT2D eigenvalue weighted by Gasteiger charge is 2.11. The first-order chi connectivity index (χ1) is 8.54. The first-order valence-corrected chi connectivity index (χ1v) is 6.97. The Bertz CT molecular complexity index is 520. The monoisotopic (exact) mass is 266 g/mol. The van der Waals surface area contributed by atoms with Crippen molar-refractivity contribution in [3.63, 3.8) is 0 Å². The first-order valence-electron chi connectivity index (χ1n) is 5.75. The van der Waals surface area contributed by atoms with Gasteiger partial charge in [-0.05, 0) is 18.7 Å². The maximum Gasteiger partial charge on any atom is 0.284 e. The fourth-order valence-corrected chi connectivity index (χ4v) is 2.19. The maximum atomic E-state index is 11.4. The van der Waals surface area contributed by atoms with E-state index >= 15 is 0 Å². The smallest absolute Gasteiger partial charge is 0.284 e. The van der Waals surface area contributed by atoms with E-state index in [0.29, 0.717) is 10.3 Å². The van der Waals surface area contributed by atoms with Crippen molar-refractivity contribution in [2.24, 2.45) is 10.9 Å². The second-order valence-electron chi connectivity index (χ2n) is 3.93. The van der Waals surface area contributed by atoms with Gasteiger partial charge in [0.05, 0.1) is 5.04 Å². The van der Waals surface area contributed by atoms with E-state index in [1.165, 1.54) is 17.8 Å². The zero-order chi connectivity index (χ0) is 13.7. The summed E-state index contributed by atoms with van der Waals surface area (Å²) in [4.78, 5) is 15.8. The lowest BCUT2D eigenvalue weighted by atomic mass is 10.1. The highest BCUT2D eigenvalue weighted by Crippen LogP contribution is 2.22. The topological polar surface area (TPSA) is 54.6 Å². The molecule has 0 saturated heterocycles. The minimum absolute atomic E-state index is 0.238. The van der Waals surface area contributed by atoms with Crippen molar-refractivity contribution < 1.29 is 5.21 Å². The third-order valence-corrected chi connectivity index (χ3v) is 3.66. The van der Waals surface area contributed by atoms with Crippen LogP contribution in [0.4, 0.5) is 5.82 Å². The summed E-state index contributed by atoms with van der Waals surface area (Å²) in [5, 5.41) is 10.6. The molecule has 0 aliphatic rings. The van der Waals surface area contributed by atoms with E-state index in [0.717, 1.165) is 11.5 Å². The van der Waals surface area contributed by atoms with Gasteiger partial charge in [-0.1, -0.05) is 26.5 Å². The fourth-order valence-electron chi connectivity index (χ4n) is 1.44. The van der Waals surface area contributed by atoms with Crippen LogP contribution in [0.1, 0.15) is 25.8 Å². The second kappa shape index (κ2) is 6.44.